The summed E-state index contributed by atoms with van der Waals surface area (Å²) >= 11 is 0. The summed E-state index contributed by atoms with van der Waals surface area (Å²) in [4.78, 5) is 28.3. The van der Waals surface area contributed by atoms with Gasteiger partial charge in [-0.3, -0.25) is 4.57 Å². The molecule has 6 nitrogen and oxygen atoms in total. The van der Waals surface area contributed by atoms with Gasteiger partial charge in [-0.05, 0) is 51.2 Å². The molecule has 1 fully saturated rings. The highest BCUT2D eigenvalue weighted by Crippen LogP contribution is 2.24. The van der Waals surface area contributed by atoms with Gasteiger partial charge in [0.25, 0.3) is 0 Å². The summed E-state index contributed by atoms with van der Waals surface area (Å²) in [5.41, 5.74) is 1.43. The van der Waals surface area contributed by atoms with Crippen LogP contribution in [0.5, 0.6) is 0 Å². The summed E-state index contributed by atoms with van der Waals surface area (Å²) in [5.74, 6) is -0.976. The van der Waals surface area contributed by atoms with Gasteiger partial charge in [0, 0.05) is 6.04 Å². The molecule has 20 heavy (non-hydrogen) atoms. The molecule has 1 aliphatic rings. The van der Waals surface area contributed by atoms with Crippen molar-refractivity contribution in [2.45, 2.75) is 18.9 Å². The van der Waals surface area contributed by atoms with Crippen LogP contribution < -0.4 is 5.69 Å². The minimum absolute atomic E-state index is 0.136. The lowest BCUT2D eigenvalue weighted by Crippen LogP contribution is -2.34. The van der Waals surface area contributed by atoms with Gasteiger partial charge >= 0.3 is 11.7 Å². The fourth-order valence-corrected chi connectivity index (χ4v) is 2.87. The van der Waals surface area contributed by atoms with Gasteiger partial charge in [-0.1, -0.05) is 0 Å². The number of aromatic amines is 1. The third-order valence-electron chi connectivity index (χ3n) is 4.02. The average Bonchev–Trinajstić information content (AvgIpc) is 2.75. The zero-order chi connectivity index (χ0) is 14.3. The number of aromatic carboxylic acids is 1. The molecule has 0 bridgehead atoms. The highest BCUT2D eigenvalue weighted by atomic mass is 16.4. The molecular weight excluding hydrogens is 258 g/mol. The van der Waals surface area contributed by atoms with Crippen LogP contribution in [-0.4, -0.2) is 45.7 Å². The Balaban J connectivity index is 2.09. The lowest BCUT2D eigenvalue weighted by Gasteiger charge is -2.29. The standard InChI is InChI=1S/C14H17N3O3/c1-16-6-4-10(5-7-16)17-12-8-9(13(18)19)2-3-11(12)15-14(17)20/h2-3,8,10H,4-7H2,1H3,(H,15,20)(H,18,19). The van der Waals surface area contributed by atoms with Crippen LogP contribution in [0.25, 0.3) is 11.0 Å². The molecule has 6 heteroatoms. The first-order valence-corrected chi connectivity index (χ1v) is 6.72. The molecular formula is C14H17N3O3. The molecule has 0 amide bonds. The molecule has 1 aromatic carbocycles. The number of fused-ring (bicyclic) bond motifs is 1. The van der Waals surface area contributed by atoms with E-state index >= 15 is 0 Å². The third kappa shape index (κ3) is 2.12. The van der Waals surface area contributed by atoms with Crippen molar-refractivity contribution in [2.75, 3.05) is 20.1 Å². The third-order valence-corrected chi connectivity index (χ3v) is 4.02. The van der Waals surface area contributed by atoms with Crippen molar-refractivity contribution in [1.82, 2.24) is 14.5 Å². The Kier molecular flexibility index (Phi) is 3.10. The van der Waals surface area contributed by atoms with E-state index in [4.69, 9.17) is 5.11 Å². The molecule has 2 aromatic rings. The lowest BCUT2D eigenvalue weighted by atomic mass is 10.0. The molecule has 1 aromatic heterocycles. The minimum atomic E-state index is -0.976. The summed E-state index contributed by atoms with van der Waals surface area (Å²) < 4.78 is 1.72. The Labute approximate surface area is 115 Å². The monoisotopic (exact) mass is 275 g/mol. The molecule has 0 radical (unpaired) electrons. The van der Waals surface area contributed by atoms with Crippen LogP contribution in [0.15, 0.2) is 23.0 Å². The predicted molar refractivity (Wildman–Crippen MR) is 75.3 cm³/mol. The highest BCUT2D eigenvalue weighted by Gasteiger charge is 2.22. The average molecular weight is 275 g/mol. The first kappa shape index (κ1) is 12.9. The maximum atomic E-state index is 12.1. The second kappa shape index (κ2) is 4.79. The topological polar surface area (TPSA) is 78.3 Å². The van der Waals surface area contributed by atoms with Crippen LogP contribution in [0.3, 0.4) is 0 Å². The molecule has 0 unspecified atom stereocenters. The molecule has 0 spiro atoms. The number of likely N-dealkylation sites (tertiary alicyclic amines) is 1. The number of piperidine rings is 1. The molecule has 2 heterocycles. The summed E-state index contributed by atoms with van der Waals surface area (Å²) in [6.07, 6.45) is 1.81. The van der Waals surface area contributed by atoms with Gasteiger partial charge in [0.1, 0.15) is 0 Å². The number of hydrogen-bond donors (Lipinski definition) is 2. The Bertz CT molecular complexity index is 708. The molecule has 1 aliphatic heterocycles. The Hall–Kier alpha value is -2.08. The van der Waals surface area contributed by atoms with E-state index in [9.17, 15) is 9.59 Å². The van der Waals surface area contributed by atoms with E-state index in [2.05, 4.69) is 16.9 Å². The van der Waals surface area contributed by atoms with Gasteiger partial charge in [0.2, 0.25) is 0 Å². The van der Waals surface area contributed by atoms with Gasteiger partial charge in [-0.25, -0.2) is 9.59 Å². The van der Waals surface area contributed by atoms with E-state index in [-0.39, 0.29) is 17.3 Å². The molecule has 0 aliphatic carbocycles. The first-order chi connectivity index (χ1) is 9.56. The number of rotatable bonds is 2. The van der Waals surface area contributed by atoms with Crippen LogP contribution in [-0.2, 0) is 0 Å². The zero-order valence-electron chi connectivity index (χ0n) is 11.3. The van der Waals surface area contributed by atoms with Crippen LogP contribution >= 0.6 is 0 Å². The summed E-state index contributed by atoms with van der Waals surface area (Å²) in [6, 6.07) is 4.88. The second-order valence-corrected chi connectivity index (χ2v) is 5.37. The number of nitrogens with one attached hydrogen (secondary N) is 1. The van der Waals surface area contributed by atoms with Gasteiger partial charge in [-0.2, -0.15) is 0 Å². The maximum Gasteiger partial charge on any atom is 0.335 e. The summed E-state index contributed by atoms with van der Waals surface area (Å²) in [6.45, 7) is 1.89. The van der Waals surface area contributed by atoms with Crippen molar-refractivity contribution in [3.63, 3.8) is 0 Å². The predicted octanol–water partition coefficient (Wildman–Crippen LogP) is 1.29. The van der Waals surface area contributed by atoms with Gasteiger partial charge in [-0.15, -0.1) is 0 Å². The number of aromatic nitrogens is 2. The highest BCUT2D eigenvalue weighted by molar-refractivity contribution is 5.92. The second-order valence-electron chi connectivity index (χ2n) is 5.37. The first-order valence-electron chi connectivity index (χ1n) is 6.72. The van der Waals surface area contributed by atoms with Crippen LogP contribution in [0, 0.1) is 0 Å². The number of carboxylic acid groups (broad SMARTS) is 1. The summed E-state index contributed by atoms with van der Waals surface area (Å²) in [5, 5.41) is 9.08. The fraction of sp³-hybridized carbons (Fsp3) is 0.429. The maximum absolute atomic E-state index is 12.1. The number of imidazole rings is 1. The van der Waals surface area contributed by atoms with Crippen molar-refractivity contribution in [3.05, 3.63) is 34.2 Å². The minimum Gasteiger partial charge on any atom is -0.478 e. The number of benzene rings is 1. The van der Waals surface area contributed by atoms with Crippen molar-refractivity contribution >= 4 is 17.0 Å². The van der Waals surface area contributed by atoms with Gasteiger partial charge < -0.3 is 15.0 Å². The van der Waals surface area contributed by atoms with Crippen LogP contribution in [0.1, 0.15) is 29.2 Å². The van der Waals surface area contributed by atoms with E-state index < -0.39 is 5.97 Å². The molecule has 0 saturated carbocycles. The Morgan fingerprint density at radius 2 is 2.05 bits per heavy atom. The van der Waals surface area contributed by atoms with Crippen LogP contribution in [0.2, 0.25) is 0 Å². The van der Waals surface area contributed by atoms with Crippen LogP contribution in [0.4, 0.5) is 0 Å². The van der Waals surface area contributed by atoms with E-state index in [1.54, 1.807) is 16.7 Å². The number of carboxylic acids is 1. The number of nitrogens with zero attached hydrogens (tertiary/aromatic N) is 2. The molecule has 1 saturated heterocycles. The van der Waals surface area contributed by atoms with Crippen molar-refractivity contribution in [1.29, 1.82) is 0 Å². The van der Waals surface area contributed by atoms with Gasteiger partial charge in [0.15, 0.2) is 0 Å². The number of hydrogen-bond acceptors (Lipinski definition) is 3. The SMILES string of the molecule is CN1CCC(n2c(=O)[nH]c3ccc(C(=O)O)cc32)CC1. The summed E-state index contributed by atoms with van der Waals surface area (Å²) in [7, 11) is 2.07. The largest absolute Gasteiger partial charge is 0.478 e. The fourth-order valence-electron chi connectivity index (χ4n) is 2.87. The smallest absolute Gasteiger partial charge is 0.335 e. The molecule has 3 rings (SSSR count). The quantitative estimate of drug-likeness (QED) is 0.865. The van der Waals surface area contributed by atoms with E-state index in [1.807, 2.05) is 0 Å². The van der Waals surface area contributed by atoms with E-state index in [1.165, 1.54) is 6.07 Å². The number of H-pyrrole nitrogens is 1. The Morgan fingerprint density at radius 1 is 1.35 bits per heavy atom. The molecule has 0 atom stereocenters. The van der Waals surface area contributed by atoms with Gasteiger partial charge in [0.05, 0.1) is 16.6 Å². The van der Waals surface area contributed by atoms with Crippen molar-refractivity contribution in [3.8, 4) is 0 Å². The van der Waals surface area contributed by atoms with Crippen molar-refractivity contribution < 1.29 is 9.90 Å². The molecule has 2 N–H and O–H groups in total. The van der Waals surface area contributed by atoms with E-state index in [0.717, 1.165) is 25.9 Å². The normalized spacial score (nSPS) is 17.6. The Morgan fingerprint density at radius 3 is 2.70 bits per heavy atom. The van der Waals surface area contributed by atoms with Crippen molar-refractivity contribution in [2.24, 2.45) is 0 Å². The van der Waals surface area contributed by atoms with E-state index in [0.29, 0.717) is 11.0 Å². The lowest BCUT2D eigenvalue weighted by molar-refractivity contribution is 0.0697. The zero-order valence-corrected chi connectivity index (χ0v) is 11.3. The molecule has 106 valence electrons. The number of carbonyl (C=O) groups is 1.